The zero-order valence-corrected chi connectivity index (χ0v) is 22.3. The molecule has 1 aliphatic heterocycles. The molecule has 0 atom stereocenters. The third-order valence-electron chi connectivity index (χ3n) is 7.44. The maximum absolute atomic E-state index is 13.1. The van der Waals surface area contributed by atoms with E-state index in [1.54, 1.807) is 0 Å². The fourth-order valence-electron chi connectivity index (χ4n) is 5.34. The first-order valence-electron chi connectivity index (χ1n) is 13.8. The normalized spacial score (nSPS) is 14.4. The number of benzene rings is 3. The summed E-state index contributed by atoms with van der Waals surface area (Å²) in [5, 5.41) is 1.12. The van der Waals surface area contributed by atoms with E-state index in [2.05, 4.69) is 70.2 Å². The van der Waals surface area contributed by atoms with Gasteiger partial charge in [-0.05, 0) is 54.7 Å². The van der Waals surface area contributed by atoms with Crippen LogP contribution in [0.15, 0.2) is 91.1 Å². The third kappa shape index (κ3) is 6.59. The smallest absolute Gasteiger partial charge is 0.223 e. The molecule has 1 aliphatic rings. The number of carbonyl (C=O) groups is 1. The summed E-state index contributed by atoms with van der Waals surface area (Å²) in [6.45, 7) is 6.24. The summed E-state index contributed by atoms with van der Waals surface area (Å²) >= 11 is 0. The van der Waals surface area contributed by atoms with Gasteiger partial charge in [-0.1, -0.05) is 67.6 Å². The van der Waals surface area contributed by atoms with Crippen LogP contribution in [0.2, 0.25) is 0 Å². The van der Waals surface area contributed by atoms with Gasteiger partial charge in [0.25, 0.3) is 0 Å². The molecule has 1 aromatic heterocycles. The van der Waals surface area contributed by atoms with E-state index in [9.17, 15) is 4.79 Å². The molecule has 0 N–H and O–H groups in total. The summed E-state index contributed by atoms with van der Waals surface area (Å²) in [4.78, 5) is 22.2. The first-order valence-corrected chi connectivity index (χ1v) is 13.8. The van der Waals surface area contributed by atoms with E-state index in [1.807, 2.05) is 42.6 Å². The zero-order chi connectivity index (χ0) is 26.2. The van der Waals surface area contributed by atoms with Crippen molar-refractivity contribution in [3.8, 4) is 5.75 Å². The van der Waals surface area contributed by atoms with Crippen LogP contribution in [0.25, 0.3) is 10.9 Å². The molecule has 0 spiro atoms. The predicted octanol–water partition coefficient (Wildman–Crippen LogP) is 6.61. The van der Waals surface area contributed by atoms with Crippen LogP contribution in [-0.2, 0) is 24.5 Å². The van der Waals surface area contributed by atoms with Crippen LogP contribution >= 0.6 is 0 Å². The molecule has 196 valence electrons. The van der Waals surface area contributed by atoms with E-state index < -0.39 is 0 Å². The number of hydrogen-bond acceptors (Lipinski definition) is 4. The SMILES string of the molecule is CCCC(=O)N(Cc1ccc(OCc2ccnc3ccccc23)cc1)C1CCN(Cc2ccccc2)CC1. The molecule has 2 heterocycles. The molecule has 0 saturated carbocycles. The molecule has 0 aliphatic carbocycles. The summed E-state index contributed by atoms with van der Waals surface area (Å²) in [6, 6.07) is 29.3. The van der Waals surface area contributed by atoms with Crippen LogP contribution in [0.4, 0.5) is 0 Å². The first kappa shape index (κ1) is 25.9. The Balaban J connectivity index is 1.19. The van der Waals surface area contributed by atoms with Crippen LogP contribution in [0.3, 0.4) is 0 Å². The molecular formula is C33H37N3O2. The summed E-state index contributed by atoms with van der Waals surface area (Å²) in [5.74, 6) is 1.09. The number of carbonyl (C=O) groups excluding carboxylic acids is 1. The van der Waals surface area contributed by atoms with Crippen molar-refractivity contribution in [2.24, 2.45) is 0 Å². The minimum atomic E-state index is 0.263. The van der Waals surface area contributed by atoms with Crippen molar-refractivity contribution in [1.29, 1.82) is 0 Å². The Kier molecular flexibility index (Phi) is 8.67. The van der Waals surface area contributed by atoms with Crippen LogP contribution in [0.5, 0.6) is 5.75 Å². The molecule has 38 heavy (non-hydrogen) atoms. The van der Waals surface area contributed by atoms with Crippen LogP contribution in [0.1, 0.15) is 49.3 Å². The maximum Gasteiger partial charge on any atom is 0.223 e. The lowest BCUT2D eigenvalue weighted by Gasteiger charge is -2.39. The van der Waals surface area contributed by atoms with Crippen molar-refractivity contribution in [3.05, 3.63) is 108 Å². The van der Waals surface area contributed by atoms with Crippen LogP contribution < -0.4 is 4.74 Å². The van der Waals surface area contributed by atoms with Crippen molar-refractivity contribution in [2.75, 3.05) is 13.1 Å². The lowest BCUT2D eigenvalue weighted by Crippen LogP contribution is -2.46. The average Bonchev–Trinajstić information content (AvgIpc) is 2.96. The third-order valence-corrected chi connectivity index (χ3v) is 7.44. The van der Waals surface area contributed by atoms with E-state index in [-0.39, 0.29) is 11.9 Å². The fraction of sp³-hybridized carbons (Fsp3) is 0.333. The monoisotopic (exact) mass is 507 g/mol. The number of rotatable bonds is 10. The van der Waals surface area contributed by atoms with E-state index in [4.69, 9.17) is 4.74 Å². The minimum absolute atomic E-state index is 0.263. The molecule has 0 unspecified atom stereocenters. The number of ether oxygens (including phenoxy) is 1. The zero-order valence-electron chi connectivity index (χ0n) is 22.3. The average molecular weight is 508 g/mol. The second-order valence-corrected chi connectivity index (χ2v) is 10.2. The first-order chi connectivity index (χ1) is 18.7. The van der Waals surface area contributed by atoms with Gasteiger partial charge in [-0.25, -0.2) is 0 Å². The minimum Gasteiger partial charge on any atom is -0.489 e. The summed E-state index contributed by atoms with van der Waals surface area (Å²) in [5.41, 5.74) is 4.59. The molecule has 1 amide bonds. The van der Waals surface area contributed by atoms with Crippen molar-refractivity contribution in [3.63, 3.8) is 0 Å². The second kappa shape index (κ2) is 12.7. The highest BCUT2D eigenvalue weighted by atomic mass is 16.5. The Morgan fingerprint density at radius 1 is 0.921 bits per heavy atom. The van der Waals surface area contributed by atoms with Gasteiger partial charge < -0.3 is 9.64 Å². The predicted molar refractivity (Wildman–Crippen MR) is 153 cm³/mol. The van der Waals surface area contributed by atoms with Gasteiger partial charge in [-0.3, -0.25) is 14.7 Å². The highest BCUT2D eigenvalue weighted by Crippen LogP contribution is 2.24. The lowest BCUT2D eigenvalue weighted by atomic mass is 10.0. The Morgan fingerprint density at radius 2 is 1.66 bits per heavy atom. The standard InChI is InChI=1S/C33H37N3O2/c1-2-8-33(37)36(29-18-21-35(22-19-29)23-26-9-4-3-5-10-26)24-27-13-15-30(16-14-27)38-25-28-17-20-34-32-12-7-6-11-31(28)32/h3-7,9-17,20,29H,2,8,18-19,21-25H2,1H3. The number of nitrogens with zero attached hydrogens (tertiary/aromatic N) is 3. The summed E-state index contributed by atoms with van der Waals surface area (Å²) in [6.07, 6.45) is 5.34. The number of pyridine rings is 1. The van der Waals surface area contributed by atoms with Gasteiger partial charge >= 0.3 is 0 Å². The Hall–Kier alpha value is -3.70. The molecule has 1 fully saturated rings. The number of fused-ring (bicyclic) bond motifs is 1. The summed E-state index contributed by atoms with van der Waals surface area (Å²) < 4.78 is 6.11. The van der Waals surface area contributed by atoms with Crippen molar-refractivity contribution in [1.82, 2.24) is 14.8 Å². The van der Waals surface area contributed by atoms with E-state index in [1.165, 1.54) is 5.56 Å². The topological polar surface area (TPSA) is 45.7 Å². The van der Waals surface area contributed by atoms with E-state index in [0.717, 1.165) is 66.7 Å². The van der Waals surface area contributed by atoms with Crippen molar-refractivity contribution in [2.45, 2.75) is 58.3 Å². The van der Waals surface area contributed by atoms with Crippen LogP contribution in [0, 0.1) is 0 Å². The van der Waals surface area contributed by atoms with Crippen molar-refractivity contribution < 1.29 is 9.53 Å². The molecule has 5 heteroatoms. The van der Waals surface area contributed by atoms with Crippen LogP contribution in [-0.4, -0.2) is 39.8 Å². The Labute approximate surface area is 226 Å². The van der Waals surface area contributed by atoms with Gasteiger partial charge in [0.2, 0.25) is 5.91 Å². The highest BCUT2D eigenvalue weighted by molar-refractivity contribution is 5.81. The largest absolute Gasteiger partial charge is 0.489 e. The highest BCUT2D eigenvalue weighted by Gasteiger charge is 2.27. The van der Waals surface area contributed by atoms with E-state index >= 15 is 0 Å². The maximum atomic E-state index is 13.1. The van der Waals surface area contributed by atoms with Gasteiger partial charge in [0, 0.05) is 55.8 Å². The number of likely N-dealkylation sites (tertiary alicyclic amines) is 1. The van der Waals surface area contributed by atoms with Gasteiger partial charge in [-0.2, -0.15) is 0 Å². The number of amides is 1. The quantitative estimate of drug-likeness (QED) is 0.242. The fourth-order valence-corrected chi connectivity index (χ4v) is 5.34. The number of para-hydroxylation sites is 1. The number of aromatic nitrogens is 1. The molecule has 1 saturated heterocycles. The van der Waals surface area contributed by atoms with Gasteiger partial charge in [-0.15, -0.1) is 0 Å². The molecule has 0 bridgehead atoms. The second-order valence-electron chi connectivity index (χ2n) is 10.2. The van der Waals surface area contributed by atoms with E-state index in [0.29, 0.717) is 19.6 Å². The molecule has 3 aromatic carbocycles. The molecule has 5 rings (SSSR count). The number of piperidine rings is 1. The molecule has 4 aromatic rings. The Morgan fingerprint density at radius 3 is 2.42 bits per heavy atom. The molecular weight excluding hydrogens is 470 g/mol. The number of hydrogen-bond donors (Lipinski definition) is 0. The van der Waals surface area contributed by atoms with Gasteiger partial charge in [0.1, 0.15) is 12.4 Å². The Bertz CT molecular complexity index is 1310. The summed E-state index contributed by atoms with van der Waals surface area (Å²) in [7, 11) is 0. The van der Waals surface area contributed by atoms with Gasteiger partial charge in [0.05, 0.1) is 5.52 Å². The molecule has 0 radical (unpaired) electrons. The van der Waals surface area contributed by atoms with Gasteiger partial charge in [0.15, 0.2) is 0 Å². The van der Waals surface area contributed by atoms with Crippen molar-refractivity contribution >= 4 is 16.8 Å². The molecule has 5 nitrogen and oxygen atoms in total. The lowest BCUT2D eigenvalue weighted by molar-refractivity contribution is -0.135.